The number of aliphatic hydroxyl groups excluding tert-OH is 1. The SMILES string of the molecule is O=C(c1cc(Cl)ccc1OC(F)F)N1CCCC(O)C1. The summed E-state index contributed by atoms with van der Waals surface area (Å²) in [6.45, 7) is -2.37. The molecule has 0 bridgehead atoms. The van der Waals surface area contributed by atoms with Crippen LogP contribution in [0.2, 0.25) is 5.02 Å². The minimum absolute atomic E-state index is 0.0214. The molecule has 0 aromatic heterocycles. The van der Waals surface area contributed by atoms with Crippen molar-refractivity contribution in [1.82, 2.24) is 4.90 Å². The zero-order chi connectivity index (χ0) is 14.7. The van der Waals surface area contributed by atoms with Gasteiger partial charge in [0, 0.05) is 18.1 Å². The number of ether oxygens (including phenoxy) is 1. The number of benzene rings is 1. The van der Waals surface area contributed by atoms with Crippen molar-refractivity contribution in [3.05, 3.63) is 28.8 Å². The maximum Gasteiger partial charge on any atom is 0.387 e. The Labute approximate surface area is 119 Å². The van der Waals surface area contributed by atoms with Crippen molar-refractivity contribution in [2.75, 3.05) is 13.1 Å². The molecule has 2 rings (SSSR count). The van der Waals surface area contributed by atoms with Crippen LogP contribution < -0.4 is 4.74 Å². The molecule has 1 aliphatic rings. The summed E-state index contributed by atoms with van der Waals surface area (Å²) in [5.41, 5.74) is -0.0214. The van der Waals surface area contributed by atoms with E-state index in [1.54, 1.807) is 0 Å². The van der Waals surface area contributed by atoms with E-state index < -0.39 is 18.6 Å². The smallest absolute Gasteiger partial charge is 0.387 e. The highest BCUT2D eigenvalue weighted by molar-refractivity contribution is 6.31. The highest BCUT2D eigenvalue weighted by Gasteiger charge is 2.26. The fourth-order valence-corrected chi connectivity index (χ4v) is 2.35. The number of likely N-dealkylation sites (tertiary alicyclic amines) is 1. The van der Waals surface area contributed by atoms with E-state index >= 15 is 0 Å². The lowest BCUT2D eigenvalue weighted by molar-refractivity contribution is -0.0503. The first-order chi connectivity index (χ1) is 9.47. The van der Waals surface area contributed by atoms with E-state index in [4.69, 9.17) is 11.6 Å². The first kappa shape index (κ1) is 15.0. The molecule has 1 unspecified atom stereocenters. The quantitative estimate of drug-likeness (QED) is 0.933. The number of aliphatic hydroxyl groups is 1. The summed E-state index contributed by atoms with van der Waals surface area (Å²) >= 11 is 5.80. The van der Waals surface area contributed by atoms with E-state index in [0.29, 0.717) is 19.4 Å². The number of carbonyl (C=O) groups excluding carboxylic acids is 1. The predicted octanol–water partition coefficient (Wildman–Crippen LogP) is 2.54. The lowest BCUT2D eigenvalue weighted by atomic mass is 10.1. The second-order valence-electron chi connectivity index (χ2n) is 4.57. The van der Waals surface area contributed by atoms with Crippen molar-refractivity contribution in [2.45, 2.75) is 25.6 Å². The van der Waals surface area contributed by atoms with Gasteiger partial charge in [-0.1, -0.05) is 11.6 Å². The van der Waals surface area contributed by atoms with Crippen LogP contribution in [0.4, 0.5) is 8.78 Å². The Morgan fingerprint density at radius 2 is 2.25 bits per heavy atom. The van der Waals surface area contributed by atoms with E-state index in [1.807, 2.05) is 0 Å². The van der Waals surface area contributed by atoms with E-state index in [9.17, 15) is 18.7 Å². The molecule has 0 saturated carbocycles. The molecule has 110 valence electrons. The summed E-state index contributed by atoms with van der Waals surface area (Å²) in [4.78, 5) is 13.7. The molecule has 1 saturated heterocycles. The van der Waals surface area contributed by atoms with Crippen molar-refractivity contribution < 1.29 is 23.4 Å². The molecular formula is C13H14ClF2NO3. The lowest BCUT2D eigenvalue weighted by Crippen LogP contribution is -2.42. The standard InChI is InChI=1S/C13H14ClF2NO3/c14-8-3-4-11(20-13(15)16)10(6-8)12(19)17-5-1-2-9(18)7-17/h3-4,6,9,13,18H,1-2,5,7H2. The van der Waals surface area contributed by atoms with Gasteiger partial charge in [0.1, 0.15) is 5.75 Å². The van der Waals surface area contributed by atoms with Gasteiger partial charge in [0.2, 0.25) is 0 Å². The van der Waals surface area contributed by atoms with Crippen molar-refractivity contribution in [3.63, 3.8) is 0 Å². The number of rotatable bonds is 3. The van der Waals surface area contributed by atoms with E-state index in [-0.39, 0.29) is 22.9 Å². The molecule has 1 N–H and O–H groups in total. The van der Waals surface area contributed by atoms with Crippen molar-refractivity contribution in [1.29, 1.82) is 0 Å². The molecule has 1 aromatic carbocycles. The van der Waals surface area contributed by atoms with Gasteiger partial charge < -0.3 is 14.7 Å². The Balaban J connectivity index is 2.25. The minimum Gasteiger partial charge on any atom is -0.434 e. The monoisotopic (exact) mass is 305 g/mol. The third kappa shape index (κ3) is 3.58. The van der Waals surface area contributed by atoms with Crippen LogP contribution >= 0.6 is 11.6 Å². The molecular weight excluding hydrogens is 292 g/mol. The molecule has 0 spiro atoms. The highest BCUT2D eigenvalue weighted by Crippen LogP contribution is 2.27. The van der Waals surface area contributed by atoms with Gasteiger partial charge in [-0.15, -0.1) is 0 Å². The Bertz CT molecular complexity index is 499. The molecule has 0 radical (unpaired) electrons. The van der Waals surface area contributed by atoms with Gasteiger partial charge in [-0.2, -0.15) is 8.78 Å². The van der Waals surface area contributed by atoms with Gasteiger partial charge in [0.05, 0.1) is 11.7 Å². The Morgan fingerprint density at radius 1 is 1.50 bits per heavy atom. The van der Waals surface area contributed by atoms with Crippen molar-refractivity contribution in [2.24, 2.45) is 0 Å². The maximum absolute atomic E-state index is 12.3. The fraction of sp³-hybridized carbons (Fsp3) is 0.462. The van der Waals surface area contributed by atoms with Crippen LogP contribution in [0.5, 0.6) is 5.75 Å². The number of β-amino-alcohol motifs (C(OH)–C–C–N with tert-alkyl or cyclic N) is 1. The maximum atomic E-state index is 12.3. The molecule has 1 fully saturated rings. The average Bonchev–Trinajstić information content (AvgIpc) is 2.39. The molecule has 0 aliphatic carbocycles. The number of hydrogen-bond donors (Lipinski definition) is 1. The van der Waals surface area contributed by atoms with E-state index in [1.165, 1.54) is 23.1 Å². The van der Waals surface area contributed by atoms with Crippen LogP contribution in [0.15, 0.2) is 18.2 Å². The number of nitrogens with zero attached hydrogens (tertiary/aromatic N) is 1. The number of piperidine rings is 1. The van der Waals surface area contributed by atoms with Gasteiger partial charge in [-0.25, -0.2) is 0 Å². The molecule has 1 aromatic rings. The second kappa shape index (κ2) is 6.37. The summed E-state index contributed by atoms with van der Waals surface area (Å²) in [7, 11) is 0. The van der Waals surface area contributed by atoms with Crippen LogP contribution in [-0.2, 0) is 0 Å². The molecule has 1 heterocycles. The van der Waals surface area contributed by atoms with E-state index in [2.05, 4.69) is 4.74 Å². The van der Waals surface area contributed by atoms with E-state index in [0.717, 1.165) is 0 Å². The highest BCUT2D eigenvalue weighted by atomic mass is 35.5. The third-order valence-electron chi connectivity index (χ3n) is 3.07. The summed E-state index contributed by atoms with van der Waals surface area (Å²) in [6.07, 6.45) is 0.699. The van der Waals surface area contributed by atoms with Crippen molar-refractivity contribution in [3.8, 4) is 5.75 Å². The molecule has 7 heteroatoms. The van der Waals surface area contributed by atoms with Crippen LogP contribution in [0.1, 0.15) is 23.2 Å². The second-order valence-corrected chi connectivity index (χ2v) is 5.00. The normalized spacial score (nSPS) is 19.2. The van der Waals surface area contributed by atoms with Gasteiger partial charge in [0.25, 0.3) is 5.91 Å². The lowest BCUT2D eigenvalue weighted by Gasteiger charge is -2.30. The van der Waals surface area contributed by atoms with Gasteiger partial charge >= 0.3 is 6.61 Å². The van der Waals surface area contributed by atoms with Crippen LogP contribution in [0.25, 0.3) is 0 Å². The predicted molar refractivity (Wildman–Crippen MR) is 69.2 cm³/mol. The number of carbonyl (C=O) groups is 1. The molecule has 4 nitrogen and oxygen atoms in total. The third-order valence-corrected chi connectivity index (χ3v) is 3.31. The molecule has 1 atom stereocenters. The van der Waals surface area contributed by atoms with Gasteiger partial charge in [0.15, 0.2) is 0 Å². The Morgan fingerprint density at radius 3 is 2.90 bits per heavy atom. The molecule has 1 aliphatic heterocycles. The fourth-order valence-electron chi connectivity index (χ4n) is 2.18. The number of amides is 1. The number of halogens is 3. The largest absolute Gasteiger partial charge is 0.434 e. The van der Waals surface area contributed by atoms with Crippen molar-refractivity contribution >= 4 is 17.5 Å². The van der Waals surface area contributed by atoms with Gasteiger partial charge in [-0.05, 0) is 31.0 Å². The molecule has 20 heavy (non-hydrogen) atoms. The number of alkyl halides is 2. The summed E-state index contributed by atoms with van der Waals surface area (Å²) < 4.78 is 29.0. The summed E-state index contributed by atoms with van der Waals surface area (Å²) in [5.74, 6) is -0.684. The first-order valence-corrected chi connectivity index (χ1v) is 6.57. The van der Waals surface area contributed by atoms with Gasteiger partial charge in [-0.3, -0.25) is 4.79 Å². The Kier molecular flexibility index (Phi) is 4.77. The molecule has 1 amide bonds. The average molecular weight is 306 g/mol. The topological polar surface area (TPSA) is 49.8 Å². The minimum atomic E-state index is -3.02. The van der Waals surface area contributed by atoms with Crippen LogP contribution in [-0.4, -0.2) is 41.7 Å². The zero-order valence-electron chi connectivity index (χ0n) is 10.6. The summed E-state index contributed by atoms with van der Waals surface area (Å²) in [5, 5.41) is 9.83. The van der Waals surface area contributed by atoms with Crippen LogP contribution in [0, 0.1) is 0 Å². The van der Waals surface area contributed by atoms with Crippen LogP contribution in [0.3, 0.4) is 0 Å². The zero-order valence-corrected chi connectivity index (χ0v) is 11.3. The number of hydrogen-bond acceptors (Lipinski definition) is 3. The Hall–Kier alpha value is -1.40. The summed E-state index contributed by atoms with van der Waals surface area (Å²) in [6, 6.07) is 3.91. The first-order valence-electron chi connectivity index (χ1n) is 6.19.